The first-order valence-corrected chi connectivity index (χ1v) is 13.1. The molecular weight excluding hydrogens is 454 g/mol. The predicted molar refractivity (Wildman–Crippen MR) is 142 cm³/mol. The maximum absolute atomic E-state index is 12.9. The van der Waals surface area contributed by atoms with Crippen molar-refractivity contribution in [1.29, 1.82) is 0 Å². The monoisotopic (exact) mass is 491 g/mol. The minimum atomic E-state index is 0.0534. The van der Waals surface area contributed by atoms with Gasteiger partial charge >= 0.3 is 0 Å². The molecule has 7 nitrogen and oxygen atoms in total. The van der Waals surface area contributed by atoms with Crippen molar-refractivity contribution in [3.05, 3.63) is 63.9 Å². The fourth-order valence-electron chi connectivity index (χ4n) is 5.17. The Morgan fingerprint density at radius 1 is 1.00 bits per heavy atom. The molecule has 36 heavy (non-hydrogen) atoms. The first kappa shape index (κ1) is 24.7. The lowest BCUT2D eigenvalue weighted by atomic mass is 10.0. The summed E-state index contributed by atoms with van der Waals surface area (Å²) in [6, 6.07) is 14.5. The Hall–Kier alpha value is -3.03. The van der Waals surface area contributed by atoms with E-state index >= 15 is 0 Å². The SMILES string of the molecule is Cc1cc(=O)n(CCN2CCC(NCc3ccc4c(c3)OCCO4)CC2)c2cc(OC(C)C)ccc12. The van der Waals surface area contributed by atoms with E-state index in [4.69, 9.17) is 14.2 Å². The zero-order valence-electron chi connectivity index (χ0n) is 21.6. The summed E-state index contributed by atoms with van der Waals surface area (Å²) in [5, 5.41) is 4.81. The number of piperidine rings is 1. The molecule has 3 heterocycles. The highest BCUT2D eigenvalue weighted by atomic mass is 16.6. The van der Waals surface area contributed by atoms with Crippen molar-refractivity contribution >= 4 is 10.9 Å². The molecule has 2 aromatic carbocycles. The molecule has 5 rings (SSSR count). The van der Waals surface area contributed by atoms with Crippen LogP contribution in [0.1, 0.15) is 37.8 Å². The zero-order valence-corrected chi connectivity index (χ0v) is 21.6. The summed E-state index contributed by atoms with van der Waals surface area (Å²) in [5.74, 6) is 2.49. The minimum Gasteiger partial charge on any atom is -0.491 e. The first-order valence-electron chi connectivity index (χ1n) is 13.1. The van der Waals surface area contributed by atoms with E-state index in [1.54, 1.807) is 6.07 Å². The molecule has 0 unspecified atom stereocenters. The fourth-order valence-corrected chi connectivity index (χ4v) is 5.17. The Kier molecular flexibility index (Phi) is 7.48. The number of rotatable bonds is 8. The average Bonchev–Trinajstić information content (AvgIpc) is 2.87. The topological polar surface area (TPSA) is 65.0 Å². The van der Waals surface area contributed by atoms with Crippen LogP contribution in [0.4, 0.5) is 0 Å². The molecule has 3 aromatic rings. The smallest absolute Gasteiger partial charge is 0.251 e. The fraction of sp³-hybridized carbons (Fsp3) is 0.483. The molecule has 0 saturated carbocycles. The van der Waals surface area contributed by atoms with Gasteiger partial charge in [-0.25, -0.2) is 0 Å². The second-order valence-electron chi connectivity index (χ2n) is 10.1. The van der Waals surface area contributed by atoms with Gasteiger partial charge in [0.2, 0.25) is 0 Å². The third kappa shape index (κ3) is 5.68. The molecule has 0 spiro atoms. The van der Waals surface area contributed by atoms with Crippen LogP contribution in [0.5, 0.6) is 17.2 Å². The highest BCUT2D eigenvalue weighted by molar-refractivity contribution is 5.83. The van der Waals surface area contributed by atoms with E-state index in [9.17, 15) is 4.79 Å². The van der Waals surface area contributed by atoms with Gasteiger partial charge in [-0.2, -0.15) is 0 Å². The van der Waals surface area contributed by atoms with Crippen LogP contribution in [-0.2, 0) is 13.1 Å². The average molecular weight is 492 g/mol. The summed E-state index contributed by atoms with van der Waals surface area (Å²) < 4.78 is 19.1. The highest BCUT2D eigenvalue weighted by Crippen LogP contribution is 2.31. The van der Waals surface area contributed by atoms with Crippen molar-refractivity contribution in [1.82, 2.24) is 14.8 Å². The molecule has 2 aliphatic heterocycles. The Morgan fingerprint density at radius 3 is 2.56 bits per heavy atom. The predicted octanol–water partition coefficient (Wildman–Crippen LogP) is 4.12. The molecular formula is C29H37N3O4. The van der Waals surface area contributed by atoms with Crippen molar-refractivity contribution < 1.29 is 14.2 Å². The van der Waals surface area contributed by atoms with Crippen LogP contribution in [0.25, 0.3) is 10.9 Å². The summed E-state index contributed by atoms with van der Waals surface area (Å²) in [6.07, 6.45) is 2.29. The van der Waals surface area contributed by atoms with Crippen LogP contribution in [-0.4, -0.2) is 54.5 Å². The van der Waals surface area contributed by atoms with Gasteiger partial charge in [0.1, 0.15) is 19.0 Å². The molecule has 0 aliphatic carbocycles. The molecule has 0 bridgehead atoms. The van der Waals surface area contributed by atoms with Crippen LogP contribution in [0.15, 0.2) is 47.3 Å². The number of nitrogens with one attached hydrogen (secondary N) is 1. The van der Waals surface area contributed by atoms with E-state index in [1.807, 2.05) is 43.5 Å². The maximum Gasteiger partial charge on any atom is 0.251 e. The lowest BCUT2D eigenvalue weighted by molar-refractivity contribution is 0.171. The molecule has 2 aliphatic rings. The molecule has 0 atom stereocenters. The van der Waals surface area contributed by atoms with Gasteiger partial charge in [-0.05, 0) is 82.1 Å². The van der Waals surface area contributed by atoms with E-state index < -0.39 is 0 Å². The first-order chi connectivity index (χ1) is 17.5. The standard InChI is InChI=1S/C29H37N3O4/c1-20(2)36-24-5-6-25-21(3)16-29(33)32(26(25)18-24)13-12-31-10-8-23(9-11-31)30-19-22-4-7-27-28(17-22)35-15-14-34-27/h4-7,16-18,20,23,30H,8-15,19H2,1-3H3. The third-order valence-electron chi connectivity index (χ3n) is 7.09. The van der Waals surface area contributed by atoms with Gasteiger partial charge < -0.3 is 29.0 Å². The van der Waals surface area contributed by atoms with E-state index in [0.717, 1.165) is 72.7 Å². The summed E-state index contributed by atoms with van der Waals surface area (Å²) >= 11 is 0. The number of benzene rings is 2. The summed E-state index contributed by atoms with van der Waals surface area (Å²) in [7, 11) is 0. The number of likely N-dealkylation sites (tertiary alicyclic amines) is 1. The number of pyridine rings is 1. The molecule has 192 valence electrons. The van der Waals surface area contributed by atoms with Crippen LogP contribution in [0.3, 0.4) is 0 Å². The maximum atomic E-state index is 12.9. The van der Waals surface area contributed by atoms with Gasteiger partial charge in [0.25, 0.3) is 5.56 Å². The molecule has 0 amide bonds. The second-order valence-corrected chi connectivity index (χ2v) is 10.1. The Bertz CT molecular complexity index is 1260. The van der Waals surface area contributed by atoms with Gasteiger partial charge in [-0.15, -0.1) is 0 Å². The number of hydrogen-bond donors (Lipinski definition) is 1. The summed E-state index contributed by atoms with van der Waals surface area (Å²) in [6.45, 7) is 11.7. The van der Waals surface area contributed by atoms with Crippen molar-refractivity contribution in [2.75, 3.05) is 32.8 Å². The minimum absolute atomic E-state index is 0.0534. The number of aryl methyl sites for hydroxylation is 1. The van der Waals surface area contributed by atoms with Crippen LogP contribution in [0.2, 0.25) is 0 Å². The number of aromatic nitrogens is 1. The third-order valence-corrected chi connectivity index (χ3v) is 7.09. The molecule has 0 radical (unpaired) electrons. The molecule has 1 saturated heterocycles. The summed E-state index contributed by atoms with van der Waals surface area (Å²) in [5.41, 5.74) is 3.23. The number of fused-ring (bicyclic) bond motifs is 2. The Balaban J connectivity index is 1.16. The van der Waals surface area contributed by atoms with Gasteiger partial charge in [0.15, 0.2) is 11.5 Å². The van der Waals surface area contributed by atoms with Crippen LogP contribution < -0.4 is 25.1 Å². The van der Waals surface area contributed by atoms with E-state index in [2.05, 4.69) is 28.4 Å². The molecule has 1 N–H and O–H groups in total. The number of hydrogen-bond acceptors (Lipinski definition) is 6. The van der Waals surface area contributed by atoms with E-state index in [0.29, 0.717) is 25.8 Å². The van der Waals surface area contributed by atoms with Crippen LogP contribution in [0, 0.1) is 6.92 Å². The largest absolute Gasteiger partial charge is 0.491 e. The lowest BCUT2D eigenvalue weighted by Gasteiger charge is -2.32. The second kappa shape index (κ2) is 10.9. The zero-order chi connectivity index (χ0) is 25.1. The van der Waals surface area contributed by atoms with E-state index in [1.165, 1.54) is 5.56 Å². The van der Waals surface area contributed by atoms with E-state index in [-0.39, 0.29) is 11.7 Å². The lowest BCUT2D eigenvalue weighted by Crippen LogP contribution is -2.43. The number of ether oxygens (including phenoxy) is 3. The normalized spacial score (nSPS) is 16.6. The Labute approximate surface area is 213 Å². The number of nitrogens with zero attached hydrogens (tertiary/aromatic N) is 2. The van der Waals surface area contributed by atoms with Gasteiger partial charge in [0, 0.05) is 43.2 Å². The van der Waals surface area contributed by atoms with Gasteiger partial charge in [0.05, 0.1) is 11.6 Å². The van der Waals surface area contributed by atoms with Crippen molar-refractivity contribution in [2.24, 2.45) is 0 Å². The van der Waals surface area contributed by atoms with Crippen molar-refractivity contribution in [2.45, 2.75) is 58.8 Å². The molecule has 1 fully saturated rings. The van der Waals surface area contributed by atoms with Gasteiger partial charge in [-0.3, -0.25) is 4.79 Å². The van der Waals surface area contributed by atoms with Gasteiger partial charge in [-0.1, -0.05) is 6.07 Å². The summed E-state index contributed by atoms with van der Waals surface area (Å²) in [4.78, 5) is 15.4. The Morgan fingerprint density at radius 2 is 1.78 bits per heavy atom. The van der Waals surface area contributed by atoms with Crippen LogP contribution >= 0.6 is 0 Å². The van der Waals surface area contributed by atoms with Crippen molar-refractivity contribution in [3.63, 3.8) is 0 Å². The molecule has 1 aromatic heterocycles. The van der Waals surface area contributed by atoms with Crippen molar-refractivity contribution in [3.8, 4) is 17.2 Å². The highest BCUT2D eigenvalue weighted by Gasteiger charge is 2.20. The molecule has 7 heteroatoms. The quantitative estimate of drug-likeness (QED) is 0.511.